The van der Waals surface area contributed by atoms with E-state index in [1.807, 2.05) is 55.5 Å². The molecule has 0 bridgehead atoms. The molecule has 28 heavy (non-hydrogen) atoms. The molecule has 144 valence electrons. The quantitative estimate of drug-likeness (QED) is 0.705. The molecular formula is C22H21NO4S. The molecule has 0 amide bonds. The van der Waals surface area contributed by atoms with Crippen LogP contribution >= 0.6 is 11.8 Å². The summed E-state index contributed by atoms with van der Waals surface area (Å²) >= 11 is 1.24. The normalized spacial score (nSPS) is 16.7. The maximum atomic E-state index is 12.4. The first-order chi connectivity index (χ1) is 13.5. The van der Waals surface area contributed by atoms with E-state index in [0.717, 1.165) is 16.9 Å². The fourth-order valence-corrected chi connectivity index (χ4v) is 3.62. The molecule has 0 radical (unpaired) electrons. The average Bonchev–Trinajstić information content (AvgIpc) is 2.99. The van der Waals surface area contributed by atoms with E-state index >= 15 is 0 Å². The number of hydrogen-bond acceptors (Lipinski definition) is 6. The van der Waals surface area contributed by atoms with Gasteiger partial charge in [0.05, 0.1) is 24.3 Å². The Kier molecular flexibility index (Phi) is 6.21. The van der Waals surface area contributed by atoms with Crippen LogP contribution < -0.4 is 4.74 Å². The Morgan fingerprint density at radius 2 is 1.82 bits per heavy atom. The minimum atomic E-state index is -0.587. The van der Waals surface area contributed by atoms with E-state index in [1.165, 1.54) is 11.8 Å². The fourth-order valence-electron chi connectivity index (χ4n) is 2.58. The van der Waals surface area contributed by atoms with Crippen molar-refractivity contribution in [1.82, 2.24) is 0 Å². The number of carbonyl (C=O) groups is 1. The number of aliphatic hydroxyl groups is 1. The van der Waals surface area contributed by atoms with Gasteiger partial charge in [0.25, 0.3) is 0 Å². The van der Waals surface area contributed by atoms with E-state index in [-0.39, 0.29) is 17.9 Å². The van der Waals surface area contributed by atoms with Gasteiger partial charge >= 0.3 is 5.97 Å². The first kappa shape index (κ1) is 19.8. The second-order valence-corrected chi connectivity index (χ2v) is 7.11. The zero-order chi connectivity index (χ0) is 20.1. The Balaban J connectivity index is 2.00. The summed E-state index contributed by atoms with van der Waals surface area (Å²) < 4.78 is 10.3. The summed E-state index contributed by atoms with van der Waals surface area (Å²) in [5.74, 6) is 0.0384. The summed E-state index contributed by atoms with van der Waals surface area (Å²) in [4.78, 5) is 17.5. The number of aliphatic hydroxyl groups excluding tert-OH is 1. The van der Waals surface area contributed by atoms with E-state index in [1.54, 1.807) is 20.1 Å². The summed E-state index contributed by atoms with van der Waals surface area (Å²) in [6.07, 6.45) is 1.80. The first-order valence-electron chi connectivity index (χ1n) is 8.82. The van der Waals surface area contributed by atoms with Crippen molar-refractivity contribution in [2.24, 2.45) is 4.99 Å². The molecule has 0 atom stereocenters. The van der Waals surface area contributed by atoms with Gasteiger partial charge in [0.2, 0.25) is 0 Å². The summed E-state index contributed by atoms with van der Waals surface area (Å²) in [6.45, 7) is 3.94. The Labute approximate surface area is 168 Å². The number of esters is 1. The van der Waals surface area contributed by atoms with Crippen LogP contribution in [0.5, 0.6) is 5.75 Å². The van der Waals surface area contributed by atoms with Crippen molar-refractivity contribution < 1.29 is 19.4 Å². The van der Waals surface area contributed by atoms with E-state index in [0.29, 0.717) is 15.6 Å². The van der Waals surface area contributed by atoms with E-state index < -0.39 is 5.97 Å². The highest BCUT2D eigenvalue weighted by atomic mass is 32.2. The number of thioether (sulfide) groups is 1. The lowest BCUT2D eigenvalue weighted by Crippen LogP contribution is -2.12. The second-order valence-electron chi connectivity index (χ2n) is 6.08. The van der Waals surface area contributed by atoms with Gasteiger partial charge < -0.3 is 14.6 Å². The molecule has 0 saturated carbocycles. The van der Waals surface area contributed by atoms with Crippen molar-refractivity contribution in [2.75, 3.05) is 13.7 Å². The highest BCUT2D eigenvalue weighted by molar-refractivity contribution is 8.18. The number of rotatable bonds is 5. The topological polar surface area (TPSA) is 68.1 Å². The van der Waals surface area contributed by atoms with Crippen LogP contribution in [0.3, 0.4) is 0 Å². The third-order valence-electron chi connectivity index (χ3n) is 4.05. The van der Waals surface area contributed by atoms with Gasteiger partial charge in [-0.25, -0.2) is 9.79 Å². The molecule has 2 aromatic carbocycles. The third kappa shape index (κ3) is 4.46. The Morgan fingerprint density at radius 1 is 1.14 bits per heavy atom. The number of aliphatic imine (C=N–C) groups is 1. The van der Waals surface area contributed by atoms with Crippen molar-refractivity contribution in [1.29, 1.82) is 0 Å². The Hall–Kier alpha value is -2.99. The standard InChI is InChI=1S/C22H21NO4S/c1-4-27-22(25)19-20(24)18(13-15-7-11-17(26-3)12-8-15)28-21(19)23-16-9-5-14(2)6-10-16/h5-13,24H,4H2,1-3H3/b18-13+,23-21?. The third-order valence-corrected chi connectivity index (χ3v) is 5.07. The number of nitrogens with zero attached hydrogens (tertiary/aromatic N) is 1. The molecule has 0 aliphatic carbocycles. The molecule has 1 heterocycles. The second kappa shape index (κ2) is 8.80. The van der Waals surface area contributed by atoms with Crippen LogP contribution in [0.4, 0.5) is 5.69 Å². The maximum absolute atomic E-state index is 12.4. The molecular weight excluding hydrogens is 374 g/mol. The van der Waals surface area contributed by atoms with Gasteiger partial charge in [0.1, 0.15) is 22.1 Å². The van der Waals surface area contributed by atoms with Crippen LogP contribution in [0.2, 0.25) is 0 Å². The van der Waals surface area contributed by atoms with E-state index in [2.05, 4.69) is 4.99 Å². The molecule has 0 aromatic heterocycles. The molecule has 1 aliphatic heterocycles. The Bertz CT molecular complexity index is 957. The molecule has 0 saturated heterocycles. The van der Waals surface area contributed by atoms with Crippen molar-refractivity contribution >= 4 is 34.5 Å². The van der Waals surface area contributed by atoms with E-state index in [4.69, 9.17) is 9.47 Å². The molecule has 2 aromatic rings. The van der Waals surface area contributed by atoms with Crippen molar-refractivity contribution in [2.45, 2.75) is 13.8 Å². The van der Waals surface area contributed by atoms with Crippen LogP contribution in [0.15, 0.2) is 69.8 Å². The van der Waals surface area contributed by atoms with Gasteiger partial charge in [-0.3, -0.25) is 0 Å². The molecule has 3 rings (SSSR count). The fraction of sp³-hybridized carbons (Fsp3) is 0.182. The summed E-state index contributed by atoms with van der Waals surface area (Å²) in [6, 6.07) is 15.0. The van der Waals surface area contributed by atoms with Gasteiger partial charge in [-0.2, -0.15) is 0 Å². The Morgan fingerprint density at radius 3 is 2.43 bits per heavy atom. The summed E-state index contributed by atoms with van der Waals surface area (Å²) in [7, 11) is 1.61. The lowest BCUT2D eigenvalue weighted by atomic mass is 10.1. The number of methoxy groups -OCH3 is 1. The predicted octanol–water partition coefficient (Wildman–Crippen LogP) is 5.20. The van der Waals surface area contributed by atoms with Crippen LogP contribution in [-0.2, 0) is 9.53 Å². The van der Waals surface area contributed by atoms with Gasteiger partial charge in [0, 0.05) is 0 Å². The number of ether oxygens (including phenoxy) is 2. The largest absolute Gasteiger partial charge is 0.506 e. The number of aryl methyl sites for hydroxylation is 1. The maximum Gasteiger partial charge on any atom is 0.344 e. The van der Waals surface area contributed by atoms with Gasteiger partial charge in [0.15, 0.2) is 0 Å². The zero-order valence-electron chi connectivity index (χ0n) is 15.9. The zero-order valence-corrected chi connectivity index (χ0v) is 16.7. The molecule has 1 aliphatic rings. The van der Waals surface area contributed by atoms with Crippen molar-refractivity contribution in [3.05, 3.63) is 75.9 Å². The van der Waals surface area contributed by atoms with Crippen LogP contribution in [0, 0.1) is 6.92 Å². The highest BCUT2D eigenvalue weighted by Crippen LogP contribution is 2.40. The smallest absolute Gasteiger partial charge is 0.344 e. The molecule has 0 unspecified atom stereocenters. The average molecular weight is 395 g/mol. The van der Waals surface area contributed by atoms with Gasteiger partial charge in [-0.15, -0.1) is 0 Å². The molecule has 5 nitrogen and oxygen atoms in total. The minimum Gasteiger partial charge on any atom is -0.506 e. The van der Waals surface area contributed by atoms with Gasteiger partial charge in [-0.1, -0.05) is 41.6 Å². The predicted molar refractivity (Wildman–Crippen MR) is 113 cm³/mol. The summed E-state index contributed by atoms with van der Waals surface area (Å²) in [5, 5.41) is 11.1. The number of hydrogen-bond donors (Lipinski definition) is 1. The van der Waals surface area contributed by atoms with Crippen LogP contribution in [0.25, 0.3) is 6.08 Å². The molecule has 6 heteroatoms. The molecule has 1 N–H and O–H groups in total. The van der Waals surface area contributed by atoms with Crippen molar-refractivity contribution in [3.63, 3.8) is 0 Å². The minimum absolute atomic E-state index is 0.0900. The molecule has 0 fully saturated rings. The van der Waals surface area contributed by atoms with Crippen LogP contribution in [0.1, 0.15) is 18.1 Å². The van der Waals surface area contributed by atoms with Crippen LogP contribution in [-0.4, -0.2) is 29.8 Å². The molecule has 0 spiro atoms. The monoisotopic (exact) mass is 395 g/mol. The SMILES string of the molecule is CCOC(=O)C1=C(O)/C(=C\c2ccc(OC)cc2)SC1=Nc1ccc(C)cc1. The lowest BCUT2D eigenvalue weighted by molar-refractivity contribution is -0.138. The highest BCUT2D eigenvalue weighted by Gasteiger charge is 2.33. The van der Waals surface area contributed by atoms with E-state index in [9.17, 15) is 9.90 Å². The van der Waals surface area contributed by atoms with Crippen molar-refractivity contribution in [3.8, 4) is 5.75 Å². The lowest BCUT2D eigenvalue weighted by Gasteiger charge is -2.04. The van der Waals surface area contributed by atoms with Gasteiger partial charge in [-0.05, 0) is 49.8 Å². The first-order valence-corrected chi connectivity index (χ1v) is 9.63. The number of carbonyl (C=O) groups excluding carboxylic acids is 1. The number of benzene rings is 2. The summed E-state index contributed by atoms with van der Waals surface area (Å²) in [5.41, 5.74) is 2.78.